The lowest BCUT2D eigenvalue weighted by molar-refractivity contribution is -0.116. The molecule has 0 unspecified atom stereocenters. The third-order valence-electron chi connectivity index (χ3n) is 4.38. The number of para-hydroxylation sites is 1. The maximum absolute atomic E-state index is 12.6. The molecule has 150 valence electrons. The highest BCUT2D eigenvalue weighted by Crippen LogP contribution is 2.33. The number of ether oxygens (including phenoxy) is 3. The van der Waals surface area contributed by atoms with Crippen LogP contribution in [0.25, 0.3) is 6.08 Å². The minimum atomic E-state index is -2.98. The smallest absolute Gasteiger partial charge is 0.387 e. The van der Waals surface area contributed by atoms with Crippen molar-refractivity contribution in [2.75, 3.05) is 20.3 Å². The van der Waals surface area contributed by atoms with Crippen LogP contribution in [0.2, 0.25) is 0 Å². The number of rotatable bonds is 10. The van der Waals surface area contributed by atoms with E-state index < -0.39 is 6.61 Å². The van der Waals surface area contributed by atoms with E-state index in [2.05, 4.69) is 10.1 Å². The van der Waals surface area contributed by atoms with Crippen molar-refractivity contribution in [3.05, 3.63) is 29.8 Å². The molecule has 0 bridgehead atoms. The first kappa shape index (κ1) is 21.2. The number of benzene rings is 1. The van der Waals surface area contributed by atoms with E-state index >= 15 is 0 Å². The van der Waals surface area contributed by atoms with Gasteiger partial charge in [0.05, 0.1) is 13.2 Å². The Bertz CT molecular complexity index is 616. The molecule has 5 nitrogen and oxygen atoms in total. The van der Waals surface area contributed by atoms with Crippen molar-refractivity contribution in [2.24, 2.45) is 0 Å². The number of alkyl halides is 2. The monoisotopic (exact) mass is 383 g/mol. The summed E-state index contributed by atoms with van der Waals surface area (Å²) in [6.07, 6.45) is 9.80. The predicted molar refractivity (Wildman–Crippen MR) is 99.1 cm³/mol. The van der Waals surface area contributed by atoms with Gasteiger partial charge in [-0.2, -0.15) is 8.78 Å². The molecule has 7 heteroatoms. The number of nitrogens with one attached hydrogen (secondary N) is 1. The molecule has 0 aliphatic heterocycles. The van der Waals surface area contributed by atoms with Gasteiger partial charge in [0.25, 0.3) is 0 Å². The van der Waals surface area contributed by atoms with Crippen LogP contribution in [-0.4, -0.2) is 38.9 Å². The number of amides is 1. The summed E-state index contributed by atoms with van der Waals surface area (Å²) < 4.78 is 40.5. The number of hydrogen-bond donors (Lipinski definition) is 1. The van der Waals surface area contributed by atoms with Crippen LogP contribution in [0.3, 0.4) is 0 Å². The summed E-state index contributed by atoms with van der Waals surface area (Å²) in [5, 5.41) is 2.75. The first-order valence-corrected chi connectivity index (χ1v) is 9.29. The highest BCUT2D eigenvalue weighted by Gasteiger charge is 2.14. The predicted octanol–water partition coefficient (Wildman–Crippen LogP) is 4.17. The lowest BCUT2D eigenvalue weighted by atomic mass is 9.98. The van der Waals surface area contributed by atoms with Gasteiger partial charge in [0.15, 0.2) is 11.5 Å². The van der Waals surface area contributed by atoms with E-state index in [0.29, 0.717) is 24.8 Å². The third-order valence-corrected chi connectivity index (χ3v) is 4.38. The minimum Gasteiger partial charge on any atom is -0.493 e. The largest absolute Gasteiger partial charge is 0.493 e. The van der Waals surface area contributed by atoms with Gasteiger partial charge >= 0.3 is 6.61 Å². The summed E-state index contributed by atoms with van der Waals surface area (Å²) in [6, 6.07) is 4.72. The van der Waals surface area contributed by atoms with Gasteiger partial charge in [-0.05, 0) is 31.4 Å². The number of carbonyl (C=O) groups is 1. The lowest BCUT2D eigenvalue weighted by Crippen LogP contribution is -2.24. The number of methoxy groups -OCH3 is 1. The van der Waals surface area contributed by atoms with Crippen molar-refractivity contribution in [2.45, 2.75) is 51.2 Å². The summed E-state index contributed by atoms with van der Waals surface area (Å²) in [6.45, 7) is -1.86. The Hall–Kier alpha value is -2.15. The Balaban J connectivity index is 1.77. The van der Waals surface area contributed by atoms with Gasteiger partial charge in [-0.15, -0.1) is 0 Å². The van der Waals surface area contributed by atoms with Crippen LogP contribution < -0.4 is 14.8 Å². The molecule has 1 aromatic rings. The van der Waals surface area contributed by atoms with Crippen molar-refractivity contribution in [3.63, 3.8) is 0 Å². The molecule has 0 atom stereocenters. The van der Waals surface area contributed by atoms with Crippen molar-refractivity contribution in [3.8, 4) is 11.5 Å². The van der Waals surface area contributed by atoms with Gasteiger partial charge in [-0.3, -0.25) is 4.79 Å². The second-order valence-corrected chi connectivity index (χ2v) is 6.37. The van der Waals surface area contributed by atoms with Crippen molar-refractivity contribution >= 4 is 12.0 Å². The molecule has 1 N–H and O–H groups in total. The Morgan fingerprint density at radius 1 is 1.30 bits per heavy atom. The van der Waals surface area contributed by atoms with Crippen LogP contribution in [0.4, 0.5) is 8.78 Å². The molecule has 1 amide bonds. The van der Waals surface area contributed by atoms with Crippen LogP contribution in [0.1, 0.15) is 44.1 Å². The Kier molecular flexibility index (Phi) is 9.04. The average molecular weight is 383 g/mol. The van der Waals surface area contributed by atoms with Gasteiger partial charge in [-0.25, -0.2) is 0 Å². The highest BCUT2D eigenvalue weighted by molar-refractivity contribution is 5.92. The van der Waals surface area contributed by atoms with E-state index in [9.17, 15) is 13.6 Å². The maximum Gasteiger partial charge on any atom is 0.387 e. The first-order chi connectivity index (χ1) is 13.1. The van der Waals surface area contributed by atoms with Crippen LogP contribution in [0.5, 0.6) is 11.5 Å². The maximum atomic E-state index is 12.6. The molecule has 27 heavy (non-hydrogen) atoms. The summed E-state index contributed by atoms with van der Waals surface area (Å²) in [5.74, 6) is -0.226. The summed E-state index contributed by atoms with van der Waals surface area (Å²) in [4.78, 5) is 11.9. The zero-order chi connectivity index (χ0) is 19.5. The Morgan fingerprint density at radius 3 is 2.78 bits per heavy atom. The molecule has 1 aromatic carbocycles. The molecule has 1 saturated carbocycles. The van der Waals surface area contributed by atoms with E-state index in [1.165, 1.54) is 44.6 Å². The van der Waals surface area contributed by atoms with E-state index in [1.54, 1.807) is 12.1 Å². The quantitative estimate of drug-likeness (QED) is 0.487. The fraction of sp³-hybridized carbons (Fsp3) is 0.550. The van der Waals surface area contributed by atoms with E-state index in [0.717, 1.165) is 19.3 Å². The second kappa shape index (κ2) is 11.5. The van der Waals surface area contributed by atoms with Crippen LogP contribution >= 0.6 is 0 Å². The van der Waals surface area contributed by atoms with Gasteiger partial charge in [0.2, 0.25) is 5.91 Å². The van der Waals surface area contributed by atoms with Crippen molar-refractivity contribution in [1.82, 2.24) is 5.32 Å². The van der Waals surface area contributed by atoms with Crippen LogP contribution in [0.15, 0.2) is 24.3 Å². The number of hydrogen-bond acceptors (Lipinski definition) is 4. The second-order valence-electron chi connectivity index (χ2n) is 6.37. The fourth-order valence-corrected chi connectivity index (χ4v) is 3.03. The summed E-state index contributed by atoms with van der Waals surface area (Å²) in [5.41, 5.74) is 0.338. The molecule has 1 aliphatic carbocycles. The standard InChI is InChI=1S/C20H27F2NO4/c1-25-17-10-5-7-15(19(17)27-20(21)22)11-12-18(24)23-13-6-14-26-16-8-3-2-4-9-16/h5,7,10-12,16,20H,2-4,6,8-9,13-14H2,1H3,(H,23,24)/b12-11+. The summed E-state index contributed by atoms with van der Waals surface area (Å²) in [7, 11) is 1.36. The number of halogens is 2. The van der Waals surface area contributed by atoms with Gasteiger partial charge in [-0.1, -0.05) is 31.4 Å². The average Bonchev–Trinajstić information content (AvgIpc) is 2.67. The Morgan fingerprint density at radius 2 is 2.07 bits per heavy atom. The molecular formula is C20H27F2NO4. The highest BCUT2D eigenvalue weighted by atomic mass is 19.3. The SMILES string of the molecule is COc1cccc(/C=C/C(=O)NCCCOC2CCCCC2)c1OC(F)F. The van der Waals surface area contributed by atoms with E-state index in [1.807, 2.05) is 0 Å². The van der Waals surface area contributed by atoms with Gasteiger partial charge in [0.1, 0.15) is 0 Å². The number of carbonyl (C=O) groups excluding carboxylic acids is 1. The summed E-state index contributed by atoms with van der Waals surface area (Å²) >= 11 is 0. The van der Waals surface area contributed by atoms with Crippen molar-refractivity contribution < 1.29 is 27.8 Å². The van der Waals surface area contributed by atoms with Gasteiger partial charge < -0.3 is 19.5 Å². The van der Waals surface area contributed by atoms with Crippen LogP contribution in [-0.2, 0) is 9.53 Å². The zero-order valence-electron chi connectivity index (χ0n) is 15.6. The van der Waals surface area contributed by atoms with E-state index in [4.69, 9.17) is 9.47 Å². The molecule has 0 radical (unpaired) electrons. The van der Waals surface area contributed by atoms with Crippen molar-refractivity contribution in [1.29, 1.82) is 0 Å². The fourth-order valence-electron chi connectivity index (χ4n) is 3.03. The first-order valence-electron chi connectivity index (χ1n) is 9.29. The molecule has 1 aliphatic rings. The lowest BCUT2D eigenvalue weighted by Gasteiger charge is -2.21. The van der Waals surface area contributed by atoms with E-state index in [-0.39, 0.29) is 17.4 Å². The molecular weight excluding hydrogens is 356 g/mol. The zero-order valence-corrected chi connectivity index (χ0v) is 15.6. The van der Waals surface area contributed by atoms with Gasteiger partial charge in [0, 0.05) is 24.8 Å². The molecule has 0 saturated heterocycles. The normalized spacial score (nSPS) is 15.3. The molecule has 2 rings (SSSR count). The molecule has 0 spiro atoms. The third kappa shape index (κ3) is 7.54. The minimum absolute atomic E-state index is 0.0973. The molecule has 0 heterocycles. The molecule has 1 fully saturated rings. The molecule has 0 aromatic heterocycles. The Labute approximate surface area is 158 Å². The topological polar surface area (TPSA) is 56.8 Å². The van der Waals surface area contributed by atoms with Crippen LogP contribution in [0, 0.1) is 0 Å².